The van der Waals surface area contributed by atoms with E-state index in [-0.39, 0.29) is 12.5 Å². The first-order chi connectivity index (χ1) is 11.2. The van der Waals surface area contributed by atoms with Crippen molar-refractivity contribution in [3.63, 3.8) is 0 Å². The van der Waals surface area contributed by atoms with Crippen LogP contribution in [0.4, 0.5) is 13.2 Å². The highest BCUT2D eigenvalue weighted by Crippen LogP contribution is 2.43. The summed E-state index contributed by atoms with van der Waals surface area (Å²) in [5.41, 5.74) is -1.07. The van der Waals surface area contributed by atoms with Crippen molar-refractivity contribution in [1.29, 1.82) is 0 Å². The number of hydrogen-bond acceptors (Lipinski definition) is 4. The molecule has 1 amide bonds. The number of benzene rings is 1. The Balaban J connectivity index is 2.13. The van der Waals surface area contributed by atoms with Crippen molar-refractivity contribution in [3.05, 3.63) is 34.9 Å². The number of esters is 1. The molecule has 0 unspecified atom stereocenters. The lowest BCUT2D eigenvalue weighted by Gasteiger charge is -2.38. The second-order valence-electron chi connectivity index (χ2n) is 5.78. The average molecular weight is 363 g/mol. The van der Waals surface area contributed by atoms with Gasteiger partial charge in [-0.3, -0.25) is 9.59 Å². The number of hydrogen-bond donors (Lipinski definition) is 0. The summed E-state index contributed by atoms with van der Waals surface area (Å²) in [7, 11) is 1.16. The molecule has 0 aliphatic carbocycles. The molecule has 0 spiro atoms. The minimum Gasteiger partial charge on any atom is -0.468 e. The van der Waals surface area contributed by atoms with Gasteiger partial charge in [0.1, 0.15) is 6.54 Å². The van der Waals surface area contributed by atoms with Crippen molar-refractivity contribution in [2.75, 3.05) is 26.7 Å². The van der Waals surface area contributed by atoms with E-state index in [0.717, 1.165) is 18.1 Å². The number of carbonyl (C=O) groups excluding carboxylic acids is 2. The molecule has 1 aromatic carbocycles. The maximum atomic E-state index is 13.3. The Morgan fingerprint density at radius 2 is 2.08 bits per heavy atom. The molecule has 5 nitrogen and oxygen atoms in total. The number of halogens is 4. The van der Waals surface area contributed by atoms with E-state index in [1.54, 1.807) is 0 Å². The van der Waals surface area contributed by atoms with Crippen molar-refractivity contribution < 1.29 is 27.5 Å². The van der Waals surface area contributed by atoms with Crippen molar-refractivity contribution in [2.45, 2.75) is 18.1 Å². The van der Waals surface area contributed by atoms with Crippen molar-refractivity contribution in [1.82, 2.24) is 9.32 Å². The molecule has 0 radical (unpaired) electrons. The van der Waals surface area contributed by atoms with Gasteiger partial charge in [0, 0.05) is 19.0 Å². The van der Waals surface area contributed by atoms with E-state index < -0.39 is 41.8 Å². The molecule has 1 saturated heterocycles. The predicted octanol–water partition coefficient (Wildman–Crippen LogP) is 2.26. The highest BCUT2D eigenvalue weighted by atomic mass is 35.5. The maximum absolute atomic E-state index is 13.3. The number of fused-ring (bicyclic) bond motifs is 3. The molecule has 3 rings (SSSR count). The molecule has 0 bridgehead atoms. The molecule has 1 aromatic rings. The first-order valence-electron chi connectivity index (χ1n) is 7.22. The van der Waals surface area contributed by atoms with Crippen molar-refractivity contribution in [3.8, 4) is 0 Å². The highest BCUT2D eigenvalue weighted by Gasteiger charge is 2.49. The molecular formula is C15H14ClF3N2O3. The van der Waals surface area contributed by atoms with Gasteiger partial charge in [-0.2, -0.15) is 13.2 Å². The lowest BCUT2D eigenvalue weighted by Crippen LogP contribution is -2.51. The smallest absolute Gasteiger partial charge is 0.417 e. The summed E-state index contributed by atoms with van der Waals surface area (Å²) in [6, 6.07) is 3.22. The molecule has 24 heavy (non-hydrogen) atoms. The van der Waals surface area contributed by atoms with Crippen LogP contribution in [0, 0.1) is 0 Å². The van der Waals surface area contributed by atoms with E-state index in [0.29, 0.717) is 12.1 Å². The van der Waals surface area contributed by atoms with Crippen LogP contribution in [0.5, 0.6) is 0 Å². The molecule has 0 saturated carbocycles. The normalized spacial score (nSPS) is 23.9. The van der Waals surface area contributed by atoms with Gasteiger partial charge >= 0.3 is 12.1 Å². The zero-order valence-corrected chi connectivity index (χ0v) is 13.4. The van der Waals surface area contributed by atoms with Gasteiger partial charge in [0.15, 0.2) is 0 Å². The number of ether oxygens (including phenoxy) is 1. The first kappa shape index (κ1) is 17.0. The van der Waals surface area contributed by atoms with Crippen LogP contribution < -0.4 is 0 Å². The Morgan fingerprint density at radius 1 is 1.38 bits per heavy atom. The van der Waals surface area contributed by atoms with Crippen LogP contribution in [0.2, 0.25) is 0 Å². The maximum Gasteiger partial charge on any atom is 0.417 e. The Hall–Kier alpha value is -1.80. The molecule has 2 atom stereocenters. The third kappa shape index (κ3) is 2.73. The van der Waals surface area contributed by atoms with E-state index in [4.69, 9.17) is 11.8 Å². The molecule has 2 heterocycles. The quantitative estimate of drug-likeness (QED) is 0.598. The van der Waals surface area contributed by atoms with Crippen LogP contribution in [0.15, 0.2) is 18.2 Å². The molecule has 0 N–H and O–H groups in total. The van der Waals surface area contributed by atoms with Gasteiger partial charge in [0.05, 0.1) is 24.3 Å². The summed E-state index contributed by atoms with van der Waals surface area (Å²) in [6.45, 7) is 0.156. The fourth-order valence-electron chi connectivity index (χ4n) is 3.40. The Labute approximate surface area is 141 Å². The van der Waals surface area contributed by atoms with Gasteiger partial charge in [-0.15, -0.1) is 0 Å². The lowest BCUT2D eigenvalue weighted by molar-refractivity contribution is -0.141. The van der Waals surface area contributed by atoms with Crippen molar-refractivity contribution in [2.24, 2.45) is 0 Å². The summed E-state index contributed by atoms with van der Waals surface area (Å²) in [4.78, 5) is 25.5. The Bertz CT molecular complexity index is 695. The first-order valence-corrected chi connectivity index (χ1v) is 7.56. The highest BCUT2D eigenvalue weighted by molar-refractivity contribution is 6.13. The van der Waals surface area contributed by atoms with E-state index >= 15 is 0 Å². The second-order valence-corrected chi connectivity index (χ2v) is 6.26. The summed E-state index contributed by atoms with van der Waals surface area (Å²) < 4.78 is 46.0. The zero-order valence-electron chi connectivity index (χ0n) is 12.6. The molecular weight excluding hydrogens is 349 g/mol. The van der Waals surface area contributed by atoms with Gasteiger partial charge in [0.2, 0.25) is 0 Å². The molecule has 0 aromatic heterocycles. The fraction of sp³-hybridized carbons (Fsp3) is 0.467. The number of carbonyl (C=O) groups is 2. The monoisotopic (exact) mass is 362 g/mol. The number of nitrogens with zero attached hydrogens (tertiary/aromatic N) is 2. The summed E-state index contributed by atoms with van der Waals surface area (Å²) in [5, 5.41) is 0. The molecule has 2 aliphatic rings. The van der Waals surface area contributed by atoms with E-state index in [2.05, 4.69) is 4.74 Å². The third-order valence-electron chi connectivity index (χ3n) is 4.45. The summed E-state index contributed by atoms with van der Waals surface area (Å²) >= 11 is 6.02. The lowest BCUT2D eigenvalue weighted by atomic mass is 9.82. The Kier molecular flexibility index (Phi) is 4.21. The fourth-order valence-corrected chi connectivity index (χ4v) is 3.69. The number of rotatable bonds is 2. The number of alkyl halides is 3. The van der Waals surface area contributed by atoms with Crippen molar-refractivity contribution >= 4 is 23.7 Å². The van der Waals surface area contributed by atoms with Gasteiger partial charge in [-0.05, 0) is 23.4 Å². The second kappa shape index (κ2) is 5.93. The number of methoxy groups -OCH3 is 1. The van der Waals surface area contributed by atoms with Gasteiger partial charge in [-0.25, -0.2) is 4.42 Å². The standard InChI is InChI=1S/C15H14ClF3N2O3/c1-24-12(22)7-21-11-6-20(16)5-9(11)8-3-2-4-10(15(17,18)19)13(8)14(21)23/h2-4,9,11H,5-7H2,1H3/t9-,11+/m1/s1. The van der Waals surface area contributed by atoms with Crippen LogP contribution in [0.25, 0.3) is 0 Å². The predicted molar refractivity (Wildman–Crippen MR) is 78.5 cm³/mol. The molecule has 130 valence electrons. The van der Waals surface area contributed by atoms with Crippen LogP contribution >= 0.6 is 11.8 Å². The zero-order chi connectivity index (χ0) is 17.6. The largest absolute Gasteiger partial charge is 0.468 e. The molecule has 1 fully saturated rings. The van der Waals surface area contributed by atoms with E-state index in [9.17, 15) is 22.8 Å². The van der Waals surface area contributed by atoms with E-state index in [1.807, 2.05) is 0 Å². The van der Waals surface area contributed by atoms with Gasteiger partial charge < -0.3 is 9.64 Å². The summed E-state index contributed by atoms with van der Waals surface area (Å²) in [6.07, 6.45) is -4.66. The topological polar surface area (TPSA) is 49.9 Å². The van der Waals surface area contributed by atoms with Crippen LogP contribution in [-0.4, -0.2) is 54.0 Å². The van der Waals surface area contributed by atoms with Gasteiger partial charge in [0.25, 0.3) is 5.91 Å². The van der Waals surface area contributed by atoms with Gasteiger partial charge in [-0.1, -0.05) is 12.1 Å². The number of amides is 1. The Morgan fingerprint density at radius 3 is 2.71 bits per heavy atom. The van der Waals surface area contributed by atoms with E-state index in [1.165, 1.54) is 16.6 Å². The van der Waals surface area contributed by atoms with Crippen LogP contribution in [0.3, 0.4) is 0 Å². The SMILES string of the molecule is COC(=O)CN1C(=O)c2c(cccc2C(F)(F)F)[C@H]2CN(Cl)C[C@@H]21. The third-order valence-corrected chi connectivity index (χ3v) is 4.72. The minimum absolute atomic E-state index is 0.268. The minimum atomic E-state index is -4.66. The average Bonchev–Trinajstić information content (AvgIpc) is 2.91. The van der Waals surface area contributed by atoms with Crippen LogP contribution in [0.1, 0.15) is 27.4 Å². The van der Waals surface area contributed by atoms with Crippen LogP contribution in [-0.2, 0) is 15.7 Å². The molecule has 2 aliphatic heterocycles. The molecule has 9 heteroatoms. The summed E-state index contributed by atoms with van der Waals surface area (Å²) in [5.74, 6) is -1.90.